The number of fused-ring (bicyclic) bond motifs is 5. The van der Waals surface area contributed by atoms with E-state index in [1.807, 2.05) is 13.0 Å². The molecule has 0 saturated heterocycles. The van der Waals surface area contributed by atoms with Crippen LogP contribution in [0.3, 0.4) is 0 Å². The van der Waals surface area contributed by atoms with E-state index in [2.05, 4.69) is 0 Å². The van der Waals surface area contributed by atoms with E-state index in [1.54, 1.807) is 19.1 Å². The van der Waals surface area contributed by atoms with Crippen LogP contribution in [-0.2, 0) is 9.59 Å². The van der Waals surface area contributed by atoms with Gasteiger partial charge in [0.1, 0.15) is 12.2 Å². The van der Waals surface area contributed by atoms with Gasteiger partial charge < -0.3 is 15.3 Å². The number of Topliss-reactive ketones (excluding diaryl/α,β-unsaturated/α-hetero) is 1. The molecule has 3 saturated carbocycles. The molecule has 154 valence electrons. The third-order valence-corrected chi connectivity index (χ3v) is 8.64. The fourth-order valence-corrected chi connectivity index (χ4v) is 7.33. The fourth-order valence-electron chi connectivity index (χ4n) is 7.33. The zero-order valence-corrected chi connectivity index (χ0v) is 16.4. The smallest absolute Gasteiger partial charge is 0.190 e. The summed E-state index contributed by atoms with van der Waals surface area (Å²) in [7, 11) is 0. The van der Waals surface area contributed by atoms with Gasteiger partial charge in [-0.2, -0.15) is 0 Å². The lowest BCUT2D eigenvalue weighted by atomic mass is 9.46. The molecule has 0 aromatic rings. The van der Waals surface area contributed by atoms with Crippen molar-refractivity contribution in [3.63, 3.8) is 0 Å². The van der Waals surface area contributed by atoms with Crippen molar-refractivity contribution in [3.05, 3.63) is 23.8 Å². The molecule has 4 aliphatic carbocycles. The SMILES string of the molecule is C[C@]12C=CC(=O)C=C1CC[C@@H]1[C@@H]2C(O)C[C@@]2(C)[C@H]1C[C@H](CF)[C@]2(O)C(=O)CO. The number of carbonyl (C=O) groups is 2. The average Bonchev–Trinajstić information content (AvgIpc) is 2.89. The molecule has 0 bridgehead atoms. The Bertz CT molecular complexity index is 775. The Hall–Kier alpha value is -1.37. The summed E-state index contributed by atoms with van der Waals surface area (Å²) >= 11 is 0. The van der Waals surface area contributed by atoms with E-state index in [9.17, 15) is 29.3 Å². The van der Waals surface area contributed by atoms with Gasteiger partial charge in [-0.25, -0.2) is 0 Å². The molecular weight excluding hydrogens is 363 g/mol. The van der Waals surface area contributed by atoms with Crippen LogP contribution in [0.2, 0.25) is 0 Å². The molecular formula is C22H29FO5. The van der Waals surface area contributed by atoms with E-state index in [0.29, 0.717) is 12.8 Å². The van der Waals surface area contributed by atoms with Crippen molar-refractivity contribution in [1.29, 1.82) is 0 Å². The maximum absolute atomic E-state index is 13.9. The second kappa shape index (κ2) is 6.31. The van der Waals surface area contributed by atoms with Crippen molar-refractivity contribution >= 4 is 11.6 Å². The van der Waals surface area contributed by atoms with Crippen LogP contribution in [0, 0.1) is 34.5 Å². The maximum Gasteiger partial charge on any atom is 0.190 e. The first-order valence-corrected chi connectivity index (χ1v) is 10.2. The van der Waals surface area contributed by atoms with Gasteiger partial charge in [0, 0.05) is 22.7 Å². The molecule has 0 spiro atoms. The quantitative estimate of drug-likeness (QED) is 0.680. The van der Waals surface area contributed by atoms with Crippen LogP contribution in [0.4, 0.5) is 4.39 Å². The monoisotopic (exact) mass is 392 g/mol. The lowest BCUT2D eigenvalue weighted by Crippen LogP contribution is -2.63. The van der Waals surface area contributed by atoms with Crippen molar-refractivity contribution in [1.82, 2.24) is 0 Å². The minimum Gasteiger partial charge on any atom is -0.393 e. The largest absolute Gasteiger partial charge is 0.393 e. The van der Waals surface area contributed by atoms with Gasteiger partial charge in [0.25, 0.3) is 0 Å². The van der Waals surface area contributed by atoms with Gasteiger partial charge in [-0.05, 0) is 49.7 Å². The molecule has 1 unspecified atom stereocenters. The minimum absolute atomic E-state index is 0.00307. The molecule has 0 amide bonds. The van der Waals surface area contributed by atoms with Crippen LogP contribution >= 0.6 is 0 Å². The van der Waals surface area contributed by atoms with Crippen LogP contribution in [-0.4, -0.2) is 51.9 Å². The van der Waals surface area contributed by atoms with Gasteiger partial charge in [0.2, 0.25) is 0 Å². The highest BCUT2D eigenvalue weighted by molar-refractivity contribution is 6.01. The molecule has 4 aliphatic rings. The summed E-state index contributed by atoms with van der Waals surface area (Å²) in [5.41, 5.74) is -2.39. The zero-order valence-electron chi connectivity index (χ0n) is 16.4. The van der Waals surface area contributed by atoms with Crippen molar-refractivity contribution in [2.75, 3.05) is 13.3 Å². The van der Waals surface area contributed by atoms with Crippen molar-refractivity contribution in [3.8, 4) is 0 Å². The van der Waals surface area contributed by atoms with E-state index in [0.717, 1.165) is 12.0 Å². The molecule has 28 heavy (non-hydrogen) atoms. The summed E-state index contributed by atoms with van der Waals surface area (Å²) < 4.78 is 13.9. The Morgan fingerprint density at radius 1 is 1.36 bits per heavy atom. The zero-order chi connectivity index (χ0) is 20.5. The summed E-state index contributed by atoms with van der Waals surface area (Å²) in [4.78, 5) is 24.4. The molecule has 0 radical (unpaired) electrons. The predicted molar refractivity (Wildman–Crippen MR) is 99.9 cm³/mol. The Morgan fingerprint density at radius 3 is 2.71 bits per heavy atom. The first-order chi connectivity index (χ1) is 13.1. The van der Waals surface area contributed by atoms with Gasteiger partial charge in [-0.1, -0.05) is 25.5 Å². The summed E-state index contributed by atoms with van der Waals surface area (Å²) in [5, 5.41) is 32.0. The van der Waals surface area contributed by atoms with Crippen LogP contribution in [0.15, 0.2) is 23.8 Å². The first-order valence-electron chi connectivity index (χ1n) is 10.2. The summed E-state index contributed by atoms with van der Waals surface area (Å²) in [6, 6.07) is 0. The number of aliphatic hydroxyl groups excluding tert-OH is 2. The van der Waals surface area contributed by atoms with E-state index in [-0.39, 0.29) is 30.0 Å². The number of alkyl halides is 1. The highest BCUT2D eigenvalue weighted by Crippen LogP contribution is 2.68. The third kappa shape index (κ3) is 2.28. The van der Waals surface area contributed by atoms with Crippen molar-refractivity contribution < 1.29 is 29.3 Å². The predicted octanol–water partition coefficient (Wildman–Crippen LogP) is 1.75. The van der Waals surface area contributed by atoms with Crippen LogP contribution in [0.1, 0.15) is 39.5 Å². The molecule has 8 atom stereocenters. The molecule has 0 aliphatic heterocycles. The lowest BCUT2D eigenvalue weighted by Gasteiger charge is -2.59. The van der Waals surface area contributed by atoms with Gasteiger partial charge in [0.15, 0.2) is 11.6 Å². The summed E-state index contributed by atoms with van der Waals surface area (Å²) in [6.45, 7) is 2.14. The maximum atomic E-state index is 13.9. The number of halogens is 1. The lowest BCUT2D eigenvalue weighted by molar-refractivity contribution is -0.185. The fraction of sp³-hybridized carbons (Fsp3) is 0.727. The van der Waals surface area contributed by atoms with Gasteiger partial charge in [0.05, 0.1) is 12.8 Å². The standard InChI is InChI=1S/C22H29FO5/c1-20-6-5-14(25)7-12(20)3-4-15-16-8-13(10-23)22(28,18(27)11-24)21(16,2)9-17(26)19(15)20/h5-7,13,15-17,19,24,26,28H,3-4,8-11H2,1-2H3/t13-,15+,16+,17?,19-,20+,21+,22+/m1/s1. The van der Waals surface area contributed by atoms with Crippen LogP contribution in [0.5, 0.6) is 0 Å². The Morgan fingerprint density at radius 2 is 2.07 bits per heavy atom. The Labute approximate surface area is 164 Å². The van der Waals surface area contributed by atoms with E-state index < -0.39 is 47.5 Å². The summed E-state index contributed by atoms with van der Waals surface area (Å²) in [6.07, 6.45) is 6.28. The average molecular weight is 392 g/mol. The number of hydrogen-bond acceptors (Lipinski definition) is 5. The number of carbonyl (C=O) groups excluding carboxylic acids is 2. The molecule has 6 heteroatoms. The second-order valence-electron chi connectivity index (χ2n) is 9.65. The molecule has 4 rings (SSSR count). The van der Waals surface area contributed by atoms with Gasteiger partial charge >= 0.3 is 0 Å². The second-order valence-corrected chi connectivity index (χ2v) is 9.65. The molecule has 0 heterocycles. The molecule has 0 aromatic heterocycles. The first kappa shape index (κ1) is 19.9. The van der Waals surface area contributed by atoms with Gasteiger partial charge in [-0.15, -0.1) is 0 Å². The Kier molecular flexibility index (Phi) is 4.49. The van der Waals surface area contributed by atoms with Crippen LogP contribution < -0.4 is 0 Å². The molecule has 3 N–H and O–H groups in total. The number of allylic oxidation sites excluding steroid dienone is 4. The highest BCUT2D eigenvalue weighted by atomic mass is 19.1. The van der Waals surface area contributed by atoms with E-state index >= 15 is 0 Å². The van der Waals surface area contributed by atoms with Gasteiger partial charge in [-0.3, -0.25) is 14.0 Å². The summed E-state index contributed by atoms with van der Waals surface area (Å²) in [5.74, 6) is -1.95. The normalized spacial score (nSPS) is 49.9. The van der Waals surface area contributed by atoms with E-state index in [4.69, 9.17) is 0 Å². The number of ketones is 2. The Balaban J connectivity index is 1.79. The number of aliphatic hydroxyl groups is 3. The third-order valence-electron chi connectivity index (χ3n) is 8.64. The topological polar surface area (TPSA) is 94.8 Å². The van der Waals surface area contributed by atoms with Crippen molar-refractivity contribution in [2.24, 2.45) is 34.5 Å². The van der Waals surface area contributed by atoms with E-state index in [1.165, 1.54) is 0 Å². The molecule has 5 nitrogen and oxygen atoms in total. The highest BCUT2D eigenvalue weighted by Gasteiger charge is 2.71. The van der Waals surface area contributed by atoms with Crippen LogP contribution in [0.25, 0.3) is 0 Å². The number of hydrogen-bond donors (Lipinski definition) is 3. The minimum atomic E-state index is -1.97. The van der Waals surface area contributed by atoms with Crippen molar-refractivity contribution in [2.45, 2.75) is 51.2 Å². The number of rotatable bonds is 3. The molecule has 0 aromatic carbocycles. The molecule has 3 fully saturated rings.